The Labute approximate surface area is 84.0 Å². The van der Waals surface area contributed by atoms with Crippen LogP contribution in [0.4, 0.5) is 4.39 Å². The van der Waals surface area contributed by atoms with Crippen LogP contribution < -0.4 is 0 Å². The molecule has 0 aliphatic heterocycles. The Hall–Kier alpha value is -0.280. The van der Waals surface area contributed by atoms with Gasteiger partial charge in [0.15, 0.2) is 0 Å². The molecule has 1 aromatic carbocycles. The van der Waals surface area contributed by atoms with E-state index in [-0.39, 0.29) is 5.82 Å². The second-order valence-corrected chi connectivity index (χ2v) is 4.43. The summed E-state index contributed by atoms with van der Waals surface area (Å²) in [7, 11) is 0. The van der Waals surface area contributed by atoms with Gasteiger partial charge in [0.05, 0.1) is 0 Å². The van der Waals surface area contributed by atoms with Crippen molar-refractivity contribution < 1.29 is 4.39 Å². The molecule has 0 aromatic heterocycles. The van der Waals surface area contributed by atoms with Gasteiger partial charge in [-0.25, -0.2) is 4.39 Å². The number of thioether (sulfide) groups is 1. The lowest BCUT2D eigenvalue weighted by molar-refractivity contribution is 0.624. The zero-order valence-electron chi connectivity index (χ0n) is 6.39. The van der Waals surface area contributed by atoms with Gasteiger partial charge in [0.25, 0.3) is 0 Å². The number of hydrogen-bond donors (Lipinski definition) is 0. The van der Waals surface area contributed by atoms with Crippen LogP contribution in [0.3, 0.4) is 0 Å². The highest BCUT2D eigenvalue weighted by molar-refractivity contribution is 9.11. The Bertz CT molecular complexity index is 286. The molecule has 3 heteroatoms. The van der Waals surface area contributed by atoms with Crippen molar-refractivity contribution in [3.8, 4) is 0 Å². The van der Waals surface area contributed by atoms with Gasteiger partial charge in [-0.2, -0.15) is 0 Å². The van der Waals surface area contributed by atoms with E-state index in [0.717, 1.165) is 15.1 Å². The zero-order chi connectivity index (χ0) is 8.97. The molecule has 0 saturated carbocycles. The summed E-state index contributed by atoms with van der Waals surface area (Å²) in [6.45, 7) is 3.69. The Balaban J connectivity index is 2.57. The summed E-state index contributed by atoms with van der Waals surface area (Å²) in [5.74, 6) is 0.573. The number of rotatable bonds is 3. The van der Waals surface area contributed by atoms with Crippen LogP contribution in [0.5, 0.6) is 0 Å². The lowest BCUT2D eigenvalue weighted by atomic mass is 10.4. The number of hydrogen-bond acceptors (Lipinski definition) is 1. The van der Waals surface area contributed by atoms with Crippen LogP contribution >= 0.6 is 27.7 Å². The van der Waals surface area contributed by atoms with Crippen LogP contribution in [0.2, 0.25) is 0 Å². The van der Waals surface area contributed by atoms with Crippen LogP contribution in [-0.2, 0) is 0 Å². The molecular weight excluding hydrogens is 239 g/mol. The Morgan fingerprint density at radius 1 is 1.58 bits per heavy atom. The van der Waals surface area contributed by atoms with E-state index in [1.165, 1.54) is 12.1 Å². The molecule has 0 amide bonds. The standard InChI is InChI=1S/C9H8BrFS/c1-7(10)6-12-9-4-2-3-8(11)5-9/h2-5H,1,6H2. The van der Waals surface area contributed by atoms with E-state index in [1.54, 1.807) is 17.8 Å². The number of benzene rings is 1. The third-order valence-corrected chi connectivity index (χ3v) is 2.92. The fourth-order valence-electron chi connectivity index (χ4n) is 0.718. The van der Waals surface area contributed by atoms with Crippen LogP contribution in [0.15, 0.2) is 40.2 Å². The molecule has 0 radical (unpaired) electrons. The van der Waals surface area contributed by atoms with Crippen molar-refractivity contribution in [2.75, 3.05) is 5.75 Å². The molecule has 0 N–H and O–H groups in total. The van der Waals surface area contributed by atoms with E-state index >= 15 is 0 Å². The van der Waals surface area contributed by atoms with Crippen molar-refractivity contribution in [2.24, 2.45) is 0 Å². The predicted molar refractivity (Wildman–Crippen MR) is 55.2 cm³/mol. The summed E-state index contributed by atoms with van der Waals surface area (Å²) in [5, 5.41) is 0. The minimum atomic E-state index is -0.194. The highest BCUT2D eigenvalue weighted by atomic mass is 79.9. The molecule has 1 aromatic rings. The van der Waals surface area contributed by atoms with Gasteiger partial charge in [0, 0.05) is 10.6 Å². The second-order valence-electron chi connectivity index (χ2n) is 2.26. The van der Waals surface area contributed by atoms with Gasteiger partial charge in [-0.3, -0.25) is 0 Å². The minimum absolute atomic E-state index is 0.194. The molecule has 0 heterocycles. The van der Waals surface area contributed by atoms with Crippen molar-refractivity contribution in [2.45, 2.75) is 4.90 Å². The molecule has 1 rings (SSSR count). The first-order valence-corrected chi connectivity index (χ1v) is 5.18. The summed E-state index contributed by atoms with van der Waals surface area (Å²) >= 11 is 4.80. The first kappa shape index (κ1) is 9.81. The first-order chi connectivity index (χ1) is 5.68. The smallest absolute Gasteiger partial charge is 0.124 e. The fraction of sp³-hybridized carbons (Fsp3) is 0.111. The van der Waals surface area contributed by atoms with E-state index < -0.39 is 0 Å². The SMILES string of the molecule is C=C(Br)CSc1cccc(F)c1. The molecule has 0 saturated heterocycles. The highest BCUT2D eigenvalue weighted by Gasteiger charge is 1.95. The molecule has 0 bridgehead atoms. The third kappa shape index (κ3) is 3.41. The topological polar surface area (TPSA) is 0 Å². The van der Waals surface area contributed by atoms with Gasteiger partial charge in [-0.05, 0) is 22.7 Å². The summed E-state index contributed by atoms with van der Waals surface area (Å²) < 4.78 is 13.6. The van der Waals surface area contributed by atoms with Crippen LogP contribution in [-0.4, -0.2) is 5.75 Å². The predicted octanol–water partition coefficient (Wildman–Crippen LogP) is 3.83. The maximum atomic E-state index is 12.6. The van der Waals surface area contributed by atoms with E-state index in [1.807, 2.05) is 6.07 Å². The second kappa shape index (κ2) is 4.67. The lowest BCUT2D eigenvalue weighted by Gasteiger charge is -1.99. The quantitative estimate of drug-likeness (QED) is 0.731. The van der Waals surface area contributed by atoms with E-state index in [0.29, 0.717) is 0 Å². The minimum Gasteiger partial charge on any atom is -0.207 e. The van der Waals surface area contributed by atoms with E-state index in [4.69, 9.17) is 0 Å². The Morgan fingerprint density at radius 3 is 2.92 bits per heavy atom. The first-order valence-electron chi connectivity index (χ1n) is 3.40. The molecule has 12 heavy (non-hydrogen) atoms. The molecule has 0 aliphatic carbocycles. The largest absolute Gasteiger partial charge is 0.207 e. The molecule has 0 aliphatic rings. The maximum Gasteiger partial charge on any atom is 0.124 e. The van der Waals surface area contributed by atoms with Crippen molar-refractivity contribution in [1.29, 1.82) is 0 Å². The fourth-order valence-corrected chi connectivity index (χ4v) is 1.76. The molecule has 0 fully saturated rings. The van der Waals surface area contributed by atoms with Gasteiger partial charge in [0.2, 0.25) is 0 Å². The van der Waals surface area contributed by atoms with Crippen molar-refractivity contribution in [3.05, 3.63) is 41.1 Å². The van der Waals surface area contributed by atoms with Gasteiger partial charge in [-0.15, -0.1) is 11.8 Å². The molecular formula is C9H8BrFS. The molecule has 0 atom stereocenters. The summed E-state index contributed by atoms with van der Waals surface area (Å²) in [6, 6.07) is 6.53. The van der Waals surface area contributed by atoms with E-state index in [2.05, 4.69) is 22.5 Å². The Kier molecular flexibility index (Phi) is 3.82. The number of halogens is 2. The zero-order valence-corrected chi connectivity index (χ0v) is 8.79. The van der Waals surface area contributed by atoms with Gasteiger partial charge >= 0.3 is 0 Å². The van der Waals surface area contributed by atoms with Crippen molar-refractivity contribution in [3.63, 3.8) is 0 Å². The van der Waals surface area contributed by atoms with Gasteiger partial charge in [-0.1, -0.05) is 28.6 Å². The van der Waals surface area contributed by atoms with Crippen molar-refractivity contribution >= 4 is 27.7 Å². The Morgan fingerprint density at radius 2 is 2.33 bits per heavy atom. The molecule has 0 nitrogen and oxygen atoms in total. The van der Waals surface area contributed by atoms with Gasteiger partial charge in [0.1, 0.15) is 5.82 Å². The van der Waals surface area contributed by atoms with Gasteiger partial charge < -0.3 is 0 Å². The molecule has 0 spiro atoms. The normalized spacial score (nSPS) is 9.83. The van der Waals surface area contributed by atoms with E-state index in [9.17, 15) is 4.39 Å². The molecule has 64 valence electrons. The maximum absolute atomic E-state index is 12.6. The highest BCUT2D eigenvalue weighted by Crippen LogP contribution is 2.22. The average Bonchev–Trinajstić information content (AvgIpc) is 2.01. The van der Waals surface area contributed by atoms with Crippen LogP contribution in [0.1, 0.15) is 0 Å². The monoisotopic (exact) mass is 246 g/mol. The summed E-state index contributed by atoms with van der Waals surface area (Å²) in [6.07, 6.45) is 0. The van der Waals surface area contributed by atoms with Crippen LogP contribution in [0, 0.1) is 5.82 Å². The summed E-state index contributed by atoms with van der Waals surface area (Å²) in [4.78, 5) is 0.926. The van der Waals surface area contributed by atoms with Crippen LogP contribution in [0.25, 0.3) is 0 Å². The molecule has 0 unspecified atom stereocenters. The third-order valence-electron chi connectivity index (χ3n) is 1.19. The van der Waals surface area contributed by atoms with Crippen molar-refractivity contribution in [1.82, 2.24) is 0 Å². The average molecular weight is 247 g/mol. The summed E-state index contributed by atoms with van der Waals surface area (Å²) in [5.41, 5.74) is 0. The lowest BCUT2D eigenvalue weighted by Crippen LogP contribution is -1.78.